The molecule has 0 bridgehead atoms. The number of anilines is 1. The van der Waals surface area contributed by atoms with E-state index in [-0.39, 0.29) is 12.4 Å². The molecule has 0 saturated carbocycles. The van der Waals surface area contributed by atoms with Crippen molar-refractivity contribution in [1.29, 1.82) is 0 Å². The number of barbiturate groups is 1. The van der Waals surface area contributed by atoms with Gasteiger partial charge in [-0.1, -0.05) is 31.9 Å². The van der Waals surface area contributed by atoms with Crippen molar-refractivity contribution in [3.05, 3.63) is 56.0 Å². The summed E-state index contributed by atoms with van der Waals surface area (Å²) in [5.74, 6) is -0.393. The largest absolute Gasteiger partial charge is 0.454 e. The van der Waals surface area contributed by atoms with E-state index in [9.17, 15) is 14.4 Å². The summed E-state index contributed by atoms with van der Waals surface area (Å²) in [5.41, 5.74) is 1.59. The molecule has 4 rings (SSSR count). The second kappa shape index (κ2) is 7.06. The Morgan fingerprint density at radius 1 is 1.04 bits per heavy atom. The number of amides is 4. The molecule has 9 heteroatoms. The van der Waals surface area contributed by atoms with Gasteiger partial charge in [0.15, 0.2) is 11.5 Å². The van der Waals surface area contributed by atoms with Gasteiger partial charge >= 0.3 is 6.03 Å². The van der Waals surface area contributed by atoms with Crippen LogP contribution in [0, 0.1) is 6.92 Å². The fourth-order valence-corrected chi connectivity index (χ4v) is 3.54. The lowest BCUT2D eigenvalue weighted by molar-refractivity contribution is -0.122. The van der Waals surface area contributed by atoms with Crippen molar-refractivity contribution in [2.45, 2.75) is 6.92 Å². The molecule has 1 saturated heterocycles. The van der Waals surface area contributed by atoms with Crippen molar-refractivity contribution < 1.29 is 23.9 Å². The van der Waals surface area contributed by atoms with E-state index < -0.39 is 17.8 Å². The van der Waals surface area contributed by atoms with Crippen LogP contribution in [0.15, 0.2) is 44.9 Å². The molecule has 0 atom stereocenters. The zero-order chi connectivity index (χ0) is 20.0. The predicted octanol–water partition coefficient (Wildman–Crippen LogP) is 3.92. The summed E-state index contributed by atoms with van der Waals surface area (Å²) < 4.78 is 12.1. The Bertz CT molecular complexity index is 1080. The molecule has 4 amide bonds. The number of rotatable bonds is 2. The van der Waals surface area contributed by atoms with E-state index in [4.69, 9.17) is 9.47 Å². The number of nitrogens with zero attached hydrogens (tertiary/aromatic N) is 1. The Balaban J connectivity index is 1.76. The number of urea groups is 1. The normalized spacial score (nSPS) is 17.3. The molecule has 142 valence electrons. The number of carbonyl (C=O) groups is 3. The van der Waals surface area contributed by atoms with E-state index in [2.05, 4.69) is 37.2 Å². The van der Waals surface area contributed by atoms with Gasteiger partial charge in [0.2, 0.25) is 6.79 Å². The highest BCUT2D eigenvalue weighted by molar-refractivity contribution is 9.10. The topological polar surface area (TPSA) is 84.9 Å². The van der Waals surface area contributed by atoms with Crippen LogP contribution in [0.5, 0.6) is 11.5 Å². The highest BCUT2D eigenvalue weighted by Crippen LogP contribution is 2.38. The fourth-order valence-electron chi connectivity index (χ4n) is 2.86. The second-order valence-electron chi connectivity index (χ2n) is 6.12. The minimum absolute atomic E-state index is 0.104. The van der Waals surface area contributed by atoms with Crippen LogP contribution in [0.1, 0.15) is 11.1 Å². The Labute approximate surface area is 176 Å². The molecule has 2 aliphatic heterocycles. The average molecular weight is 508 g/mol. The summed E-state index contributed by atoms with van der Waals surface area (Å²) in [4.78, 5) is 38.6. The monoisotopic (exact) mass is 506 g/mol. The molecule has 2 aliphatic rings. The maximum Gasteiger partial charge on any atom is 0.335 e. The molecular weight excluding hydrogens is 496 g/mol. The molecule has 1 fully saturated rings. The molecule has 28 heavy (non-hydrogen) atoms. The molecular formula is C19H12Br2N2O5. The Morgan fingerprint density at radius 3 is 2.46 bits per heavy atom. The number of fused-ring (bicyclic) bond motifs is 1. The lowest BCUT2D eigenvalue weighted by Gasteiger charge is -2.26. The summed E-state index contributed by atoms with van der Waals surface area (Å²) >= 11 is 6.78. The molecule has 2 aromatic rings. The SMILES string of the molecule is Cc1cc(N2C(=O)NC(=O)/C(=C/c3cc4c(cc3Br)OCO4)C2=O)ccc1Br. The van der Waals surface area contributed by atoms with Gasteiger partial charge < -0.3 is 9.47 Å². The number of halogens is 2. The highest BCUT2D eigenvalue weighted by Gasteiger charge is 2.37. The van der Waals surface area contributed by atoms with Crippen LogP contribution in [0.3, 0.4) is 0 Å². The van der Waals surface area contributed by atoms with E-state index in [1.807, 2.05) is 6.92 Å². The predicted molar refractivity (Wildman–Crippen MR) is 108 cm³/mol. The van der Waals surface area contributed by atoms with Gasteiger partial charge in [0.25, 0.3) is 11.8 Å². The first-order valence-electron chi connectivity index (χ1n) is 8.12. The van der Waals surface area contributed by atoms with Gasteiger partial charge in [0.1, 0.15) is 5.57 Å². The van der Waals surface area contributed by atoms with Gasteiger partial charge in [0.05, 0.1) is 5.69 Å². The van der Waals surface area contributed by atoms with Crippen LogP contribution < -0.4 is 19.7 Å². The van der Waals surface area contributed by atoms with E-state index in [0.29, 0.717) is 27.2 Å². The first kappa shape index (κ1) is 18.7. The lowest BCUT2D eigenvalue weighted by Crippen LogP contribution is -2.54. The van der Waals surface area contributed by atoms with Gasteiger partial charge in [-0.2, -0.15) is 0 Å². The highest BCUT2D eigenvalue weighted by atomic mass is 79.9. The van der Waals surface area contributed by atoms with Gasteiger partial charge in [-0.15, -0.1) is 0 Å². The first-order chi connectivity index (χ1) is 13.3. The molecule has 7 nitrogen and oxygen atoms in total. The number of hydrogen-bond acceptors (Lipinski definition) is 5. The quantitative estimate of drug-likeness (QED) is 0.492. The van der Waals surface area contributed by atoms with Gasteiger partial charge in [0, 0.05) is 8.95 Å². The summed E-state index contributed by atoms with van der Waals surface area (Å²) in [7, 11) is 0. The number of hydrogen-bond donors (Lipinski definition) is 1. The molecule has 0 aromatic heterocycles. The molecule has 0 unspecified atom stereocenters. The van der Waals surface area contributed by atoms with Gasteiger partial charge in [-0.25, -0.2) is 9.69 Å². The van der Waals surface area contributed by atoms with Crippen molar-refractivity contribution >= 4 is 61.5 Å². The second-order valence-corrected chi connectivity index (χ2v) is 7.83. The summed E-state index contributed by atoms with van der Waals surface area (Å²) in [6.07, 6.45) is 1.41. The minimum Gasteiger partial charge on any atom is -0.454 e. The zero-order valence-electron chi connectivity index (χ0n) is 14.4. The molecule has 2 aromatic carbocycles. The Morgan fingerprint density at radius 2 is 1.75 bits per heavy atom. The van der Waals surface area contributed by atoms with E-state index in [0.717, 1.165) is 14.9 Å². The van der Waals surface area contributed by atoms with Crippen LogP contribution in [0.4, 0.5) is 10.5 Å². The molecule has 1 N–H and O–H groups in total. The summed E-state index contributed by atoms with van der Waals surface area (Å²) in [6, 6.07) is 7.60. The molecule has 2 heterocycles. The standard InChI is InChI=1S/C19H12Br2N2O5/c1-9-4-11(2-3-13(9)20)23-18(25)12(17(24)22-19(23)26)5-10-6-15-16(7-14(10)21)28-8-27-15/h2-7H,8H2,1H3,(H,22,24,26)/b12-5-. The van der Waals surface area contributed by atoms with Crippen molar-refractivity contribution in [2.24, 2.45) is 0 Å². The lowest BCUT2D eigenvalue weighted by atomic mass is 10.1. The fraction of sp³-hybridized carbons (Fsp3) is 0.105. The van der Waals surface area contributed by atoms with Crippen molar-refractivity contribution in [1.82, 2.24) is 5.32 Å². The minimum atomic E-state index is -0.793. The van der Waals surface area contributed by atoms with Crippen molar-refractivity contribution in [3.63, 3.8) is 0 Å². The third-order valence-electron chi connectivity index (χ3n) is 4.29. The third-order valence-corrected chi connectivity index (χ3v) is 5.87. The number of aryl methyl sites for hydroxylation is 1. The maximum atomic E-state index is 13.0. The van der Waals surface area contributed by atoms with E-state index >= 15 is 0 Å². The maximum absolute atomic E-state index is 13.0. The zero-order valence-corrected chi connectivity index (χ0v) is 17.6. The van der Waals surface area contributed by atoms with Crippen LogP contribution in [-0.4, -0.2) is 24.6 Å². The van der Waals surface area contributed by atoms with Crippen LogP contribution in [-0.2, 0) is 9.59 Å². The van der Waals surface area contributed by atoms with Gasteiger partial charge in [-0.3, -0.25) is 14.9 Å². The average Bonchev–Trinajstić information content (AvgIpc) is 3.08. The molecule has 0 aliphatic carbocycles. The third kappa shape index (κ3) is 3.20. The van der Waals surface area contributed by atoms with Gasteiger partial charge in [-0.05, 0) is 54.5 Å². The Hall–Kier alpha value is -2.65. The Kier molecular flexibility index (Phi) is 4.72. The van der Waals surface area contributed by atoms with Crippen LogP contribution in [0.25, 0.3) is 6.08 Å². The smallest absolute Gasteiger partial charge is 0.335 e. The number of nitrogens with one attached hydrogen (secondary N) is 1. The summed E-state index contributed by atoms with van der Waals surface area (Å²) in [5, 5.41) is 2.21. The van der Waals surface area contributed by atoms with Crippen molar-refractivity contribution in [3.8, 4) is 11.5 Å². The number of benzene rings is 2. The van der Waals surface area contributed by atoms with Crippen LogP contribution >= 0.6 is 31.9 Å². The number of carbonyl (C=O) groups excluding carboxylic acids is 3. The van der Waals surface area contributed by atoms with Crippen molar-refractivity contribution in [2.75, 3.05) is 11.7 Å². The molecule has 0 spiro atoms. The number of ether oxygens (including phenoxy) is 2. The van der Waals surface area contributed by atoms with E-state index in [1.54, 1.807) is 30.3 Å². The summed E-state index contributed by atoms with van der Waals surface area (Å²) in [6.45, 7) is 1.94. The van der Waals surface area contributed by atoms with E-state index in [1.165, 1.54) is 6.08 Å². The molecule has 0 radical (unpaired) electrons. The number of imide groups is 2. The van der Waals surface area contributed by atoms with Crippen LogP contribution in [0.2, 0.25) is 0 Å². The first-order valence-corrected chi connectivity index (χ1v) is 9.70.